The van der Waals surface area contributed by atoms with Crippen molar-refractivity contribution < 1.29 is 13.2 Å². The molecule has 3 atom stereocenters. The van der Waals surface area contributed by atoms with Gasteiger partial charge in [-0.3, -0.25) is 9.38 Å². The first-order valence-corrected chi connectivity index (χ1v) is 7.76. The van der Waals surface area contributed by atoms with Crippen molar-refractivity contribution in [1.29, 1.82) is 0 Å². The fourth-order valence-electron chi connectivity index (χ4n) is 3.03. The maximum Gasteiger partial charge on any atom is 0.180 e. The number of anilines is 1. The number of hydrogen-bond donors (Lipinski definition) is 2. The second-order valence-corrected chi connectivity index (χ2v) is 6.71. The van der Waals surface area contributed by atoms with Crippen LogP contribution in [0, 0.1) is 11.7 Å². The van der Waals surface area contributed by atoms with Crippen molar-refractivity contribution in [2.75, 3.05) is 12.9 Å². The third-order valence-electron chi connectivity index (χ3n) is 4.08. The van der Waals surface area contributed by atoms with Gasteiger partial charge in [-0.2, -0.15) is 0 Å². The van der Waals surface area contributed by atoms with Crippen molar-refractivity contribution in [1.82, 2.24) is 4.98 Å². The SMILES string of the molecule is CF.NC1=NC(c2cc(N)ccc2F)C2C[C@]2(c2cnco2)S1. The minimum Gasteiger partial charge on any atom is -0.447 e. The van der Waals surface area contributed by atoms with Crippen molar-refractivity contribution in [2.24, 2.45) is 16.6 Å². The molecule has 0 saturated heterocycles. The standard InChI is InChI=1S/C14H13FN4OS.CH3F/c15-10-2-1-7(16)3-8(10)12-9-4-14(9,21-13(17)19-12)11-5-18-6-20-11;1-2/h1-3,5-6,9,12H,4,16H2,(H2,17,19);1H3/t9?,12?,14-;/m0./s1. The lowest BCUT2D eigenvalue weighted by molar-refractivity contribution is 0.467. The van der Waals surface area contributed by atoms with Crippen LogP contribution in [0.1, 0.15) is 23.8 Å². The molecule has 1 aliphatic heterocycles. The first-order valence-electron chi connectivity index (χ1n) is 6.94. The molecule has 1 saturated carbocycles. The molecular formula is C15H16F2N4OS. The van der Waals surface area contributed by atoms with Crippen LogP contribution in [-0.4, -0.2) is 17.3 Å². The number of thioether (sulfide) groups is 1. The zero-order valence-corrected chi connectivity index (χ0v) is 13.2. The normalized spacial score (nSPS) is 28.2. The Morgan fingerprint density at radius 1 is 1.35 bits per heavy atom. The van der Waals surface area contributed by atoms with E-state index in [1.54, 1.807) is 18.3 Å². The van der Waals surface area contributed by atoms with Gasteiger partial charge >= 0.3 is 0 Å². The molecule has 122 valence electrons. The molecule has 4 N–H and O–H groups in total. The van der Waals surface area contributed by atoms with E-state index in [4.69, 9.17) is 15.9 Å². The molecule has 4 rings (SSSR count). The van der Waals surface area contributed by atoms with E-state index >= 15 is 0 Å². The summed E-state index contributed by atoms with van der Waals surface area (Å²) < 4.78 is 28.8. The maximum absolute atomic E-state index is 14.1. The number of halogens is 2. The van der Waals surface area contributed by atoms with E-state index in [-0.39, 0.29) is 22.5 Å². The summed E-state index contributed by atoms with van der Waals surface area (Å²) in [5, 5.41) is 0.437. The summed E-state index contributed by atoms with van der Waals surface area (Å²) >= 11 is 1.47. The Morgan fingerprint density at radius 2 is 2.13 bits per heavy atom. The molecule has 5 nitrogen and oxygen atoms in total. The van der Waals surface area contributed by atoms with Gasteiger partial charge < -0.3 is 15.9 Å². The fraction of sp³-hybridized carbons (Fsp3) is 0.333. The minimum absolute atomic E-state index is 0.138. The van der Waals surface area contributed by atoms with Crippen molar-refractivity contribution in [2.45, 2.75) is 17.2 Å². The van der Waals surface area contributed by atoms with Crippen molar-refractivity contribution in [3.8, 4) is 0 Å². The second-order valence-electron chi connectivity index (χ2n) is 5.36. The fourth-order valence-corrected chi connectivity index (χ4v) is 4.31. The summed E-state index contributed by atoms with van der Waals surface area (Å²) in [6.45, 7) is 0. The summed E-state index contributed by atoms with van der Waals surface area (Å²) in [6.07, 6.45) is 3.92. The molecule has 23 heavy (non-hydrogen) atoms. The Morgan fingerprint density at radius 3 is 2.83 bits per heavy atom. The smallest absolute Gasteiger partial charge is 0.180 e. The number of rotatable bonds is 2. The minimum atomic E-state index is -0.333. The van der Waals surface area contributed by atoms with Crippen LogP contribution in [0.3, 0.4) is 0 Å². The zero-order valence-electron chi connectivity index (χ0n) is 12.4. The van der Waals surface area contributed by atoms with Crippen molar-refractivity contribution >= 4 is 22.6 Å². The summed E-state index contributed by atoms with van der Waals surface area (Å²) in [5.74, 6) is 0.597. The number of nitrogen functional groups attached to an aromatic ring is 1. The monoisotopic (exact) mass is 338 g/mol. The van der Waals surface area contributed by atoms with Crippen molar-refractivity contribution in [3.05, 3.63) is 47.9 Å². The van der Waals surface area contributed by atoms with Gasteiger partial charge in [0.15, 0.2) is 11.6 Å². The molecule has 2 aromatic rings. The predicted octanol–water partition coefficient (Wildman–Crippen LogP) is 3.00. The summed E-state index contributed by atoms with van der Waals surface area (Å²) in [4.78, 5) is 8.40. The van der Waals surface area contributed by atoms with E-state index in [0.717, 1.165) is 12.2 Å². The van der Waals surface area contributed by atoms with Gasteiger partial charge in [0.05, 0.1) is 24.2 Å². The Labute approximate surface area is 136 Å². The van der Waals surface area contributed by atoms with E-state index in [1.807, 2.05) is 0 Å². The Kier molecular flexibility index (Phi) is 4.01. The molecule has 1 aromatic heterocycles. The lowest BCUT2D eigenvalue weighted by Crippen LogP contribution is -2.23. The molecule has 2 unspecified atom stereocenters. The summed E-state index contributed by atoms with van der Waals surface area (Å²) in [5.41, 5.74) is 12.7. The third kappa shape index (κ3) is 2.56. The highest BCUT2D eigenvalue weighted by atomic mass is 32.2. The molecule has 0 bridgehead atoms. The van der Waals surface area contributed by atoms with Crippen LogP contribution >= 0.6 is 11.8 Å². The Balaban J connectivity index is 0.000000753. The van der Waals surface area contributed by atoms with Gasteiger partial charge in [-0.05, 0) is 24.6 Å². The lowest BCUT2D eigenvalue weighted by atomic mass is 9.99. The molecular weight excluding hydrogens is 322 g/mol. The number of nitrogens with two attached hydrogens (primary N) is 2. The van der Waals surface area contributed by atoms with Gasteiger partial charge in [0.2, 0.25) is 0 Å². The van der Waals surface area contributed by atoms with Crippen LogP contribution in [0.25, 0.3) is 0 Å². The van der Waals surface area contributed by atoms with Gasteiger partial charge in [-0.15, -0.1) is 0 Å². The highest BCUT2D eigenvalue weighted by Crippen LogP contribution is 2.69. The highest BCUT2D eigenvalue weighted by molar-refractivity contribution is 8.14. The van der Waals surface area contributed by atoms with Crippen LogP contribution < -0.4 is 11.5 Å². The molecule has 2 aliphatic rings. The molecule has 1 aromatic carbocycles. The first-order chi connectivity index (χ1) is 11.1. The average Bonchev–Trinajstić information content (AvgIpc) is 3.03. The third-order valence-corrected chi connectivity index (χ3v) is 5.43. The maximum atomic E-state index is 14.1. The van der Waals surface area contributed by atoms with E-state index < -0.39 is 0 Å². The van der Waals surface area contributed by atoms with Gasteiger partial charge in [0, 0.05) is 17.2 Å². The van der Waals surface area contributed by atoms with Crippen LogP contribution in [0.4, 0.5) is 14.5 Å². The van der Waals surface area contributed by atoms with Gasteiger partial charge in [-0.25, -0.2) is 9.37 Å². The zero-order chi connectivity index (χ0) is 16.6. The molecule has 0 spiro atoms. The van der Waals surface area contributed by atoms with E-state index in [0.29, 0.717) is 23.6 Å². The molecule has 8 heteroatoms. The van der Waals surface area contributed by atoms with Gasteiger partial charge in [0.25, 0.3) is 0 Å². The van der Waals surface area contributed by atoms with Crippen LogP contribution in [0.2, 0.25) is 0 Å². The Hall–Kier alpha value is -2.09. The number of oxazole rings is 1. The van der Waals surface area contributed by atoms with Gasteiger partial charge in [-0.1, -0.05) is 11.8 Å². The molecule has 1 fully saturated rings. The first kappa shape index (κ1) is 15.8. The number of hydrogen-bond acceptors (Lipinski definition) is 6. The number of benzene rings is 1. The van der Waals surface area contributed by atoms with Crippen LogP contribution in [-0.2, 0) is 4.75 Å². The number of aliphatic imine (C=N–C) groups is 1. The summed E-state index contributed by atoms with van der Waals surface area (Å²) in [6, 6.07) is 4.22. The number of alkyl halides is 1. The molecule has 1 aliphatic carbocycles. The largest absolute Gasteiger partial charge is 0.447 e. The number of aromatic nitrogens is 1. The molecule has 0 radical (unpaired) electrons. The van der Waals surface area contributed by atoms with Gasteiger partial charge in [0.1, 0.15) is 11.6 Å². The topological polar surface area (TPSA) is 90.4 Å². The molecule has 2 heterocycles. The van der Waals surface area contributed by atoms with Crippen molar-refractivity contribution in [3.63, 3.8) is 0 Å². The summed E-state index contributed by atoms with van der Waals surface area (Å²) in [7, 11) is 0.500. The lowest BCUT2D eigenvalue weighted by Gasteiger charge is -2.24. The number of nitrogens with zero attached hydrogens (tertiary/aromatic N) is 2. The Bertz CT molecular complexity index is 737. The van der Waals surface area contributed by atoms with E-state index in [9.17, 15) is 8.78 Å². The highest BCUT2D eigenvalue weighted by Gasteiger charge is 2.64. The average molecular weight is 338 g/mol. The van der Waals surface area contributed by atoms with Crippen LogP contribution in [0.15, 0.2) is 40.2 Å². The number of fused-ring (bicyclic) bond motifs is 1. The quantitative estimate of drug-likeness (QED) is 0.822. The van der Waals surface area contributed by atoms with E-state index in [2.05, 4.69) is 9.98 Å². The number of amidine groups is 1. The van der Waals surface area contributed by atoms with Crippen LogP contribution in [0.5, 0.6) is 0 Å². The second kappa shape index (κ2) is 5.84. The van der Waals surface area contributed by atoms with E-state index in [1.165, 1.54) is 24.2 Å². The predicted molar refractivity (Wildman–Crippen MR) is 86.1 cm³/mol. The molecule has 0 amide bonds.